The molecule has 0 saturated heterocycles. The molecule has 0 spiro atoms. The second-order valence-electron chi connectivity index (χ2n) is 8.66. The van der Waals surface area contributed by atoms with E-state index in [-0.39, 0.29) is 12.1 Å². The maximum atomic E-state index is 14.4. The number of nitrogens with zero attached hydrogens (tertiary/aromatic N) is 2. The van der Waals surface area contributed by atoms with Gasteiger partial charge in [-0.2, -0.15) is 5.26 Å². The van der Waals surface area contributed by atoms with E-state index in [1.54, 1.807) is 39.0 Å². The SMILES string of the molecule is CC(C)(C)OC(=O)CN(C(=O)c1c(F)cccc1F)c1cccc(-c2ccc(CC#N)cc2)c1. The molecule has 1 amide bonds. The van der Waals surface area contributed by atoms with Gasteiger partial charge < -0.3 is 4.74 Å². The zero-order valence-electron chi connectivity index (χ0n) is 19.1. The number of benzene rings is 3. The van der Waals surface area contributed by atoms with E-state index >= 15 is 0 Å². The van der Waals surface area contributed by atoms with Gasteiger partial charge in [0, 0.05) is 5.69 Å². The minimum atomic E-state index is -1.02. The summed E-state index contributed by atoms with van der Waals surface area (Å²) < 4.78 is 34.1. The van der Waals surface area contributed by atoms with Crippen LogP contribution in [0.1, 0.15) is 36.7 Å². The summed E-state index contributed by atoms with van der Waals surface area (Å²) in [6.07, 6.45) is 0.284. The number of nitriles is 1. The Hall–Kier alpha value is -4.05. The monoisotopic (exact) mass is 462 g/mol. The average molecular weight is 462 g/mol. The maximum absolute atomic E-state index is 14.4. The number of esters is 1. The molecule has 0 atom stereocenters. The van der Waals surface area contributed by atoms with Gasteiger partial charge in [-0.3, -0.25) is 14.5 Å². The highest BCUT2D eigenvalue weighted by Gasteiger charge is 2.28. The number of rotatable bonds is 6. The van der Waals surface area contributed by atoms with Gasteiger partial charge in [-0.1, -0.05) is 42.5 Å². The third-order valence-corrected chi connectivity index (χ3v) is 4.86. The number of ether oxygens (including phenoxy) is 1. The lowest BCUT2D eigenvalue weighted by Gasteiger charge is -2.26. The second kappa shape index (κ2) is 10.3. The van der Waals surface area contributed by atoms with Gasteiger partial charge >= 0.3 is 5.97 Å². The standard InChI is InChI=1S/C27H24F2N2O3/c1-27(2,3)34-24(32)17-31(26(33)25-22(28)8-5-9-23(25)29)21-7-4-6-20(16-21)19-12-10-18(11-13-19)14-15-30/h4-13,16H,14,17H2,1-3H3. The third kappa shape index (κ3) is 6.04. The molecule has 0 bridgehead atoms. The van der Waals surface area contributed by atoms with Crippen molar-refractivity contribution in [3.05, 3.63) is 89.5 Å². The van der Waals surface area contributed by atoms with Crippen LogP contribution >= 0.6 is 0 Å². The zero-order chi connectivity index (χ0) is 24.9. The summed E-state index contributed by atoms with van der Waals surface area (Å²) in [5.41, 5.74) is 1.11. The Bertz CT molecular complexity index is 1220. The summed E-state index contributed by atoms with van der Waals surface area (Å²) in [6, 6.07) is 19.3. The van der Waals surface area contributed by atoms with Gasteiger partial charge in [0.2, 0.25) is 0 Å². The van der Waals surface area contributed by atoms with Gasteiger partial charge in [0.1, 0.15) is 29.3 Å². The normalized spacial score (nSPS) is 10.9. The van der Waals surface area contributed by atoms with Crippen LogP contribution in [0.2, 0.25) is 0 Å². The van der Waals surface area contributed by atoms with Crippen LogP contribution in [-0.4, -0.2) is 24.0 Å². The quantitative estimate of drug-likeness (QED) is 0.442. The van der Waals surface area contributed by atoms with Crippen molar-refractivity contribution in [2.75, 3.05) is 11.4 Å². The Balaban J connectivity index is 2.02. The number of hydrogen-bond donors (Lipinski definition) is 0. The minimum absolute atomic E-state index is 0.275. The Kier molecular flexibility index (Phi) is 7.42. The molecule has 0 fully saturated rings. The van der Waals surface area contributed by atoms with Crippen molar-refractivity contribution >= 4 is 17.6 Å². The van der Waals surface area contributed by atoms with Gasteiger partial charge in [0.05, 0.1) is 12.5 Å². The van der Waals surface area contributed by atoms with Crippen LogP contribution in [0.3, 0.4) is 0 Å². The number of amides is 1. The highest BCUT2D eigenvalue weighted by Crippen LogP contribution is 2.27. The Labute approximate surface area is 197 Å². The number of anilines is 1. The van der Waals surface area contributed by atoms with Crippen molar-refractivity contribution in [2.45, 2.75) is 32.8 Å². The Morgan fingerprint density at radius 2 is 1.56 bits per heavy atom. The Morgan fingerprint density at radius 3 is 2.15 bits per heavy atom. The van der Waals surface area contributed by atoms with Crippen LogP contribution in [0.15, 0.2) is 66.7 Å². The number of carbonyl (C=O) groups is 2. The summed E-state index contributed by atoms with van der Waals surface area (Å²) in [5.74, 6) is -3.77. The molecular weight excluding hydrogens is 438 g/mol. The lowest BCUT2D eigenvalue weighted by Crippen LogP contribution is -2.39. The fourth-order valence-corrected chi connectivity index (χ4v) is 3.38. The van der Waals surface area contributed by atoms with E-state index in [9.17, 15) is 18.4 Å². The number of carbonyl (C=O) groups excluding carboxylic acids is 2. The lowest BCUT2D eigenvalue weighted by atomic mass is 10.0. The van der Waals surface area contributed by atoms with Crippen molar-refractivity contribution in [3.8, 4) is 17.2 Å². The molecule has 0 heterocycles. The summed E-state index contributed by atoms with van der Waals surface area (Å²) in [5, 5.41) is 8.85. The van der Waals surface area contributed by atoms with Crippen molar-refractivity contribution in [1.82, 2.24) is 0 Å². The van der Waals surface area contributed by atoms with E-state index in [1.165, 1.54) is 0 Å². The zero-order valence-corrected chi connectivity index (χ0v) is 19.1. The van der Waals surface area contributed by atoms with Gasteiger partial charge in [0.25, 0.3) is 5.91 Å². The fraction of sp³-hybridized carbons (Fsp3) is 0.222. The molecule has 34 heavy (non-hydrogen) atoms. The molecule has 5 nitrogen and oxygen atoms in total. The van der Waals surface area contributed by atoms with Gasteiger partial charge in [0.15, 0.2) is 0 Å². The molecule has 0 N–H and O–H groups in total. The van der Waals surface area contributed by atoms with Crippen LogP contribution < -0.4 is 4.90 Å². The van der Waals surface area contributed by atoms with E-state index < -0.39 is 41.2 Å². The highest BCUT2D eigenvalue weighted by molar-refractivity contribution is 6.09. The van der Waals surface area contributed by atoms with Crippen molar-refractivity contribution in [3.63, 3.8) is 0 Å². The van der Waals surface area contributed by atoms with Crippen molar-refractivity contribution < 1.29 is 23.1 Å². The molecule has 0 unspecified atom stereocenters. The van der Waals surface area contributed by atoms with Gasteiger partial charge in [-0.05, 0) is 61.7 Å². The largest absolute Gasteiger partial charge is 0.459 e. The molecule has 0 radical (unpaired) electrons. The van der Waals surface area contributed by atoms with E-state index in [0.717, 1.165) is 39.8 Å². The lowest BCUT2D eigenvalue weighted by molar-refractivity contribution is -0.152. The topological polar surface area (TPSA) is 70.4 Å². The van der Waals surface area contributed by atoms with Crippen LogP contribution in [0.25, 0.3) is 11.1 Å². The van der Waals surface area contributed by atoms with Crippen molar-refractivity contribution in [1.29, 1.82) is 5.26 Å². The Morgan fingerprint density at radius 1 is 0.941 bits per heavy atom. The first-order valence-electron chi connectivity index (χ1n) is 10.6. The average Bonchev–Trinajstić information content (AvgIpc) is 2.77. The first-order chi connectivity index (χ1) is 16.1. The van der Waals surface area contributed by atoms with Crippen LogP contribution in [0.4, 0.5) is 14.5 Å². The predicted octanol–water partition coefficient (Wildman–Crippen LogP) is 5.69. The molecule has 0 aliphatic heterocycles. The van der Waals surface area contributed by atoms with Crippen LogP contribution in [0.5, 0.6) is 0 Å². The first-order valence-corrected chi connectivity index (χ1v) is 10.6. The molecule has 0 aromatic heterocycles. The maximum Gasteiger partial charge on any atom is 0.326 e. The van der Waals surface area contributed by atoms with E-state index in [1.807, 2.05) is 30.3 Å². The summed E-state index contributed by atoms with van der Waals surface area (Å²) >= 11 is 0. The van der Waals surface area contributed by atoms with Gasteiger partial charge in [-0.15, -0.1) is 0 Å². The van der Waals surface area contributed by atoms with E-state index in [4.69, 9.17) is 10.00 Å². The second-order valence-corrected chi connectivity index (χ2v) is 8.66. The molecule has 7 heteroatoms. The molecular formula is C27H24F2N2O3. The smallest absolute Gasteiger partial charge is 0.326 e. The predicted molar refractivity (Wildman–Crippen MR) is 125 cm³/mol. The van der Waals surface area contributed by atoms with E-state index in [0.29, 0.717) is 0 Å². The highest BCUT2D eigenvalue weighted by atomic mass is 19.1. The van der Waals surface area contributed by atoms with Gasteiger partial charge in [-0.25, -0.2) is 8.78 Å². The minimum Gasteiger partial charge on any atom is -0.459 e. The summed E-state index contributed by atoms with van der Waals surface area (Å²) in [7, 11) is 0. The van der Waals surface area contributed by atoms with E-state index in [2.05, 4.69) is 6.07 Å². The molecule has 3 rings (SSSR count). The van der Waals surface area contributed by atoms with Crippen LogP contribution in [0, 0.1) is 23.0 Å². The molecule has 0 aliphatic rings. The summed E-state index contributed by atoms with van der Waals surface area (Å²) in [4.78, 5) is 26.8. The third-order valence-electron chi connectivity index (χ3n) is 4.86. The number of hydrogen-bond acceptors (Lipinski definition) is 4. The molecule has 3 aromatic carbocycles. The number of halogens is 2. The molecule has 3 aromatic rings. The molecule has 0 saturated carbocycles. The van der Waals surface area contributed by atoms with Crippen LogP contribution in [-0.2, 0) is 16.0 Å². The van der Waals surface area contributed by atoms with Crippen molar-refractivity contribution in [2.24, 2.45) is 0 Å². The molecule has 0 aliphatic carbocycles. The fourth-order valence-electron chi connectivity index (χ4n) is 3.38. The first kappa shape index (κ1) is 24.6. The summed E-state index contributed by atoms with van der Waals surface area (Å²) in [6.45, 7) is 4.52. The molecule has 174 valence electrons.